The fraction of sp³-hybridized carbons (Fsp3) is 0.556. The van der Waals surface area contributed by atoms with Crippen molar-refractivity contribution in [2.24, 2.45) is 11.8 Å². The van der Waals surface area contributed by atoms with Gasteiger partial charge < -0.3 is 14.7 Å². The molecule has 1 aromatic carbocycles. The number of rotatable bonds is 1. The van der Waals surface area contributed by atoms with Crippen molar-refractivity contribution in [2.75, 3.05) is 26.2 Å². The lowest BCUT2D eigenvalue weighted by molar-refractivity contribution is -0.136. The van der Waals surface area contributed by atoms with E-state index in [1.165, 1.54) is 0 Å². The fourth-order valence-electron chi connectivity index (χ4n) is 5.50. The standard InChI is InChI=1S/C27H32N4O4/c1-18-9-13-29(14-10-18)27(35)30-15-11-19(12-16-30)5-6-20-3-2-4-21-22(20)17-31(26(21)34)23-7-8-24(32)28-25(23)33/h2-4,18-19,23H,7-17H2,1H3,(H,28,32,33). The molecule has 8 heteroatoms. The van der Waals surface area contributed by atoms with Gasteiger partial charge in [-0.15, -0.1) is 0 Å². The van der Waals surface area contributed by atoms with Crippen molar-refractivity contribution < 1.29 is 19.2 Å². The summed E-state index contributed by atoms with van der Waals surface area (Å²) < 4.78 is 0. The van der Waals surface area contributed by atoms with Crippen LogP contribution in [0.25, 0.3) is 0 Å². The van der Waals surface area contributed by atoms with Crippen molar-refractivity contribution in [3.05, 3.63) is 34.9 Å². The average Bonchev–Trinajstić information content (AvgIpc) is 3.20. The molecule has 1 unspecified atom stereocenters. The highest BCUT2D eigenvalue weighted by molar-refractivity contribution is 6.05. The summed E-state index contributed by atoms with van der Waals surface area (Å²) in [5, 5.41) is 2.34. The quantitative estimate of drug-likeness (QED) is 0.498. The maximum Gasteiger partial charge on any atom is 0.319 e. The maximum atomic E-state index is 13.0. The zero-order valence-electron chi connectivity index (χ0n) is 20.2. The summed E-state index contributed by atoms with van der Waals surface area (Å²) in [5.74, 6) is 6.70. The van der Waals surface area contributed by atoms with Gasteiger partial charge in [0.25, 0.3) is 5.91 Å². The molecule has 1 N–H and O–H groups in total. The van der Waals surface area contributed by atoms with Crippen molar-refractivity contribution in [1.82, 2.24) is 20.0 Å². The van der Waals surface area contributed by atoms with E-state index in [1.54, 1.807) is 11.0 Å². The molecular weight excluding hydrogens is 444 g/mol. The summed E-state index contributed by atoms with van der Waals surface area (Å²) in [6.07, 6.45) is 4.44. The number of likely N-dealkylation sites (tertiary alicyclic amines) is 2. The average molecular weight is 477 g/mol. The van der Waals surface area contributed by atoms with Crippen molar-refractivity contribution in [3.63, 3.8) is 0 Å². The third-order valence-electron chi connectivity index (χ3n) is 7.81. The number of carbonyl (C=O) groups is 4. The third kappa shape index (κ3) is 4.77. The Labute approximate surface area is 206 Å². The zero-order chi connectivity index (χ0) is 24.5. The van der Waals surface area contributed by atoms with Gasteiger partial charge in [-0.2, -0.15) is 0 Å². The summed E-state index contributed by atoms with van der Waals surface area (Å²) in [5.41, 5.74) is 2.24. The van der Waals surface area contributed by atoms with Gasteiger partial charge in [0.1, 0.15) is 6.04 Å². The molecule has 184 valence electrons. The lowest BCUT2D eigenvalue weighted by atomic mass is 9.96. The van der Waals surface area contributed by atoms with Crippen LogP contribution in [0.3, 0.4) is 0 Å². The van der Waals surface area contributed by atoms with Crippen LogP contribution in [0.5, 0.6) is 0 Å². The lowest BCUT2D eigenvalue weighted by Gasteiger charge is -2.37. The molecule has 0 aliphatic carbocycles. The van der Waals surface area contributed by atoms with Gasteiger partial charge in [0, 0.05) is 56.2 Å². The number of carbonyl (C=O) groups excluding carboxylic acids is 4. The molecule has 3 fully saturated rings. The highest BCUT2D eigenvalue weighted by Gasteiger charge is 2.39. The molecule has 0 radical (unpaired) electrons. The molecule has 4 aliphatic rings. The van der Waals surface area contributed by atoms with Crippen LogP contribution in [-0.4, -0.2) is 70.7 Å². The van der Waals surface area contributed by atoms with Gasteiger partial charge in [-0.1, -0.05) is 24.8 Å². The Morgan fingerprint density at radius 1 is 0.971 bits per heavy atom. The molecule has 5 amide bonds. The van der Waals surface area contributed by atoms with Gasteiger partial charge in [0.05, 0.1) is 0 Å². The van der Waals surface area contributed by atoms with Crippen LogP contribution < -0.4 is 5.32 Å². The molecule has 1 aromatic rings. The van der Waals surface area contributed by atoms with Gasteiger partial charge in [-0.3, -0.25) is 19.7 Å². The Hall–Kier alpha value is -3.34. The Morgan fingerprint density at radius 2 is 1.66 bits per heavy atom. The van der Waals surface area contributed by atoms with E-state index in [2.05, 4.69) is 24.1 Å². The van der Waals surface area contributed by atoms with E-state index in [4.69, 9.17) is 0 Å². The Bertz CT molecular complexity index is 1100. The molecule has 5 rings (SSSR count). The van der Waals surface area contributed by atoms with Gasteiger partial charge in [0.2, 0.25) is 11.8 Å². The number of benzene rings is 1. The minimum atomic E-state index is -0.626. The molecular formula is C27H32N4O4. The van der Waals surface area contributed by atoms with Crippen molar-refractivity contribution in [1.29, 1.82) is 0 Å². The SMILES string of the molecule is CC1CCN(C(=O)N2CCC(C#Cc3cccc4c3CN(C3CCC(=O)NC3=O)C4=O)CC2)CC1. The highest BCUT2D eigenvalue weighted by atomic mass is 16.2. The van der Waals surface area contributed by atoms with Crippen molar-refractivity contribution in [3.8, 4) is 11.8 Å². The topological polar surface area (TPSA) is 90.0 Å². The fourth-order valence-corrected chi connectivity index (χ4v) is 5.50. The first-order valence-corrected chi connectivity index (χ1v) is 12.7. The minimum Gasteiger partial charge on any atom is -0.325 e. The summed E-state index contributed by atoms with van der Waals surface area (Å²) in [6, 6.07) is 5.06. The molecule has 4 heterocycles. The van der Waals surface area contributed by atoms with Gasteiger partial charge in [-0.05, 0) is 55.7 Å². The van der Waals surface area contributed by atoms with E-state index >= 15 is 0 Å². The Balaban J connectivity index is 1.21. The number of urea groups is 1. The first kappa shape index (κ1) is 23.4. The minimum absolute atomic E-state index is 0.163. The van der Waals surface area contributed by atoms with Crippen molar-refractivity contribution >= 4 is 23.8 Å². The van der Waals surface area contributed by atoms with Crippen LogP contribution in [0.1, 0.15) is 66.9 Å². The van der Waals surface area contributed by atoms with Crippen LogP contribution >= 0.6 is 0 Å². The summed E-state index contributed by atoms with van der Waals surface area (Å²) in [7, 11) is 0. The normalized spacial score (nSPS) is 23.6. The number of nitrogens with zero attached hydrogens (tertiary/aromatic N) is 3. The summed E-state index contributed by atoms with van der Waals surface area (Å²) in [6.45, 7) is 5.72. The van der Waals surface area contributed by atoms with Gasteiger partial charge in [-0.25, -0.2) is 4.79 Å². The van der Waals surface area contributed by atoms with Crippen LogP contribution in [0.2, 0.25) is 0 Å². The first-order valence-electron chi connectivity index (χ1n) is 12.7. The van der Waals surface area contributed by atoms with E-state index in [9.17, 15) is 19.2 Å². The Kier molecular flexibility index (Phi) is 6.50. The van der Waals surface area contributed by atoms with E-state index in [0.717, 1.165) is 63.0 Å². The second-order valence-corrected chi connectivity index (χ2v) is 10.2. The highest BCUT2D eigenvalue weighted by Crippen LogP contribution is 2.30. The third-order valence-corrected chi connectivity index (χ3v) is 7.81. The molecule has 35 heavy (non-hydrogen) atoms. The zero-order valence-corrected chi connectivity index (χ0v) is 20.2. The molecule has 8 nitrogen and oxygen atoms in total. The largest absolute Gasteiger partial charge is 0.325 e. The van der Waals surface area contributed by atoms with Gasteiger partial charge in [0.15, 0.2) is 0 Å². The smallest absolute Gasteiger partial charge is 0.319 e. The lowest BCUT2D eigenvalue weighted by Crippen LogP contribution is -2.52. The summed E-state index contributed by atoms with van der Waals surface area (Å²) >= 11 is 0. The summed E-state index contributed by atoms with van der Waals surface area (Å²) in [4.78, 5) is 55.2. The van der Waals surface area contributed by atoms with Crippen LogP contribution in [0.4, 0.5) is 4.79 Å². The molecule has 0 spiro atoms. The Morgan fingerprint density at radius 3 is 2.34 bits per heavy atom. The number of amides is 5. The number of piperidine rings is 3. The van der Waals surface area contributed by atoms with E-state index in [-0.39, 0.29) is 30.2 Å². The predicted octanol–water partition coefficient (Wildman–Crippen LogP) is 2.36. The maximum absolute atomic E-state index is 13.0. The van der Waals surface area contributed by atoms with Crippen molar-refractivity contribution in [2.45, 2.75) is 58.0 Å². The number of fused-ring (bicyclic) bond motifs is 1. The van der Waals surface area contributed by atoms with Gasteiger partial charge >= 0.3 is 6.03 Å². The molecule has 4 aliphatic heterocycles. The molecule has 0 saturated carbocycles. The number of hydrogen-bond donors (Lipinski definition) is 1. The van der Waals surface area contributed by atoms with Crippen LogP contribution in [-0.2, 0) is 16.1 Å². The predicted molar refractivity (Wildman–Crippen MR) is 129 cm³/mol. The van der Waals surface area contributed by atoms with Crippen LogP contribution in [0, 0.1) is 23.7 Å². The number of hydrogen-bond acceptors (Lipinski definition) is 4. The van der Waals surface area contributed by atoms with E-state index in [1.807, 2.05) is 21.9 Å². The second-order valence-electron chi connectivity index (χ2n) is 10.2. The number of nitrogens with one attached hydrogen (secondary N) is 1. The molecule has 1 atom stereocenters. The second kappa shape index (κ2) is 9.73. The number of imide groups is 1. The monoisotopic (exact) mass is 476 g/mol. The molecule has 3 saturated heterocycles. The first-order chi connectivity index (χ1) is 16.9. The van der Waals surface area contributed by atoms with E-state index in [0.29, 0.717) is 24.4 Å². The molecule has 0 bridgehead atoms. The van der Waals surface area contributed by atoms with E-state index < -0.39 is 11.9 Å². The van der Waals surface area contributed by atoms with Crippen LogP contribution in [0.15, 0.2) is 18.2 Å². The molecule has 0 aromatic heterocycles.